The molecule has 2 aliphatic heterocycles. The van der Waals surface area contributed by atoms with Gasteiger partial charge in [-0.15, -0.1) is 23.1 Å². The highest BCUT2D eigenvalue weighted by atomic mass is 32.2. The van der Waals surface area contributed by atoms with Crippen molar-refractivity contribution in [3.05, 3.63) is 27.6 Å². The topological polar surface area (TPSA) is 45.2 Å². The van der Waals surface area contributed by atoms with E-state index in [4.69, 9.17) is 0 Å². The van der Waals surface area contributed by atoms with Gasteiger partial charge in [-0.3, -0.25) is 4.79 Å². The van der Waals surface area contributed by atoms with Gasteiger partial charge in [-0.25, -0.2) is 4.98 Å². The van der Waals surface area contributed by atoms with Crippen molar-refractivity contribution in [3.63, 3.8) is 0 Å². The smallest absolute Gasteiger partial charge is 0.245 e. The van der Waals surface area contributed by atoms with Gasteiger partial charge in [-0.05, 0) is 12.5 Å². The van der Waals surface area contributed by atoms with Crippen molar-refractivity contribution in [2.75, 3.05) is 25.9 Å². The minimum atomic E-state index is -0.219. The number of rotatable bonds is 3. The van der Waals surface area contributed by atoms with Gasteiger partial charge in [0.05, 0.1) is 16.1 Å². The number of hydrogen-bond acceptors (Lipinski definition) is 5. The van der Waals surface area contributed by atoms with Gasteiger partial charge in [-0.2, -0.15) is 0 Å². The maximum Gasteiger partial charge on any atom is 0.245 e. The summed E-state index contributed by atoms with van der Waals surface area (Å²) in [5.74, 6) is 1.78. The molecule has 4 nitrogen and oxygen atoms in total. The fraction of sp³-hybridized carbons (Fsp3) is 0.538. The molecule has 1 aromatic rings. The van der Waals surface area contributed by atoms with Crippen LogP contribution in [0.5, 0.6) is 0 Å². The van der Waals surface area contributed by atoms with Crippen LogP contribution in [0.3, 0.4) is 0 Å². The zero-order valence-electron chi connectivity index (χ0n) is 10.8. The van der Waals surface area contributed by atoms with E-state index in [1.807, 2.05) is 29.2 Å². The molecule has 1 aromatic heterocycles. The minimum Gasteiger partial charge on any atom is -0.340 e. The second-order valence-corrected chi connectivity index (χ2v) is 6.67. The van der Waals surface area contributed by atoms with E-state index in [1.54, 1.807) is 11.3 Å². The Morgan fingerprint density at radius 2 is 2.47 bits per heavy atom. The van der Waals surface area contributed by atoms with Crippen LogP contribution in [0, 0.1) is 5.92 Å². The molecule has 0 saturated heterocycles. The van der Waals surface area contributed by atoms with Crippen LogP contribution in [0.1, 0.15) is 16.6 Å². The van der Waals surface area contributed by atoms with Gasteiger partial charge in [0.15, 0.2) is 0 Å². The number of fused-ring (bicyclic) bond motifs is 1. The summed E-state index contributed by atoms with van der Waals surface area (Å²) < 4.78 is 0. The third-order valence-corrected chi connectivity index (χ3v) is 5.52. The Morgan fingerprint density at radius 1 is 1.58 bits per heavy atom. The van der Waals surface area contributed by atoms with Crippen molar-refractivity contribution in [1.29, 1.82) is 0 Å². The molecular formula is C13H17N3OS2. The van der Waals surface area contributed by atoms with Gasteiger partial charge in [0.2, 0.25) is 5.91 Å². The van der Waals surface area contributed by atoms with Gasteiger partial charge in [0.25, 0.3) is 0 Å². The number of amides is 1. The van der Waals surface area contributed by atoms with Crippen molar-refractivity contribution >= 4 is 29.0 Å². The predicted octanol–water partition coefficient (Wildman–Crippen LogP) is 1.66. The second-order valence-electron chi connectivity index (χ2n) is 4.84. The molecule has 0 bridgehead atoms. The average molecular weight is 295 g/mol. The SMILES string of the molecule is CNC1C(=O)N(CC2C=CSC2)CCc2ncsc21. The van der Waals surface area contributed by atoms with Crippen LogP contribution in [0.4, 0.5) is 0 Å². The largest absolute Gasteiger partial charge is 0.340 e. The number of likely N-dealkylation sites (N-methyl/N-ethyl adjacent to an activating group) is 1. The quantitative estimate of drug-likeness (QED) is 0.921. The van der Waals surface area contributed by atoms with E-state index >= 15 is 0 Å². The summed E-state index contributed by atoms with van der Waals surface area (Å²) in [5.41, 5.74) is 2.92. The maximum atomic E-state index is 12.6. The van der Waals surface area contributed by atoms with Gasteiger partial charge in [0.1, 0.15) is 6.04 Å². The first-order valence-corrected chi connectivity index (χ1v) is 8.39. The maximum absolute atomic E-state index is 12.6. The molecule has 1 amide bonds. The second kappa shape index (κ2) is 5.64. The van der Waals surface area contributed by atoms with E-state index in [1.165, 1.54) is 0 Å². The highest BCUT2D eigenvalue weighted by Crippen LogP contribution is 2.29. The van der Waals surface area contributed by atoms with Crippen LogP contribution in [0.2, 0.25) is 0 Å². The lowest BCUT2D eigenvalue weighted by atomic mass is 10.1. The summed E-state index contributed by atoms with van der Waals surface area (Å²) in [7, 11) is 1.85. The molecule has 0 saturated carbocycles. The Hall–Kier alpha value is -0.850. The third-order valence-electron chi connectivity index (χ3n) is 3.61. The molecule has 0 spiro atoms. The molecule has 2 atom stereocenters. The van der Waals surface area contributed by atoms with Crippen molar-refractivity contribution in [3.8, 4) is 0 Å². The Labute approximate surface area is 121 Å². The van der Waals surface area contributed by atoms with Crippen LogP contribution in [0.25, 0.3) is 0 Å². The Balaban J connectivity index is 1.79. The summed E-state index contributed by atoms with van der Waals surface area (Å²) >= 11 is 3.41. The molecule has 0 radical (unpaired) electrons. The van der Waals surface area contributed by atoms with Crippen molar-refractivity contribution in [2.45, 2.75) is 12.5 Å². The van der Waals surface area contributed by atoms with Crippen molar-refractivity contribution < 1.29 is 4.79 Å². The Bertz CT molecular complexity index is 500. The lowest BCUT2D eigenvalue weighted by molar-refractivity contribution is -0.133. The van der Waals surface area contributed by atoms with Gasteiger partial charge < -0.3 is 10.2 Å². The van der Waals surface area contributed by atoms with Crippen LogP contribution in [-0.2, 0) is 11.2 Å². The van der Waals surface area contributed by atoms with Gasteiger partial charge in [0, 0.05) is 31.2 Å². The predicted molar refractivity (Wildman–Crippen MR) is 79.3 cm³/mol. The number of nitrogens with one attached hydrogen (secondary N) is 1. The first-order valence-electron chi connectivity index (χ1n) is 6.46. The van der Waals surface area contributed by atoms with Crippen LogP contribution in [0.15, 0.2) is 17.0 Å². The van der Waals surface area contributed by atoms with Crippen molar-refractivity contribution in [1.82, 2.24) is 15.2 Å². The van der Waals surface area contributed by atoms with Crippen LogP contribution in [-0.4, -0.2) is 41.7 Å². The third kappa shape index (κ3) is 2.57. The Kier molecular flexibility index (Phi) is 3.91. The van der Waals surface area contributed by atoms with Crippen LogP contribution < -0.4 is 5.32 Å². The first kappa shape index (κ1) is 13.1. The Morgan fingerprint density at radius 3 is 3.21 bits per heavy atom. The molecule has 3 heterocycles. The molecule has 0 fully saturated rings. The zero-order chi connectivity index (χ0) is 13.2. The number of thioether (sulfide) groups is 1. The van der Waals surface area contributed by atoms with E-state index in [2.05, 4.69) is 21.8 Å². The van der Waals surface area contributed by atoms with E-state index in [0.29, 0.717) is 5.92 Å². The monoisotopic (exact) mass is 295 g/mol. The highest BCUT2D eigenvalue weighted by molar-refractivity contribution is 8.02. The molecule has 19 heavy (non-hydrogen) atoms. The normalized spacial score (nSPS) is 26.6. The average Bonchev–Trinajstić information content (AvgIpc) is 3.04. The number of hydrogen-bond donors (Lipinski definition) is 1. The summed E-state index contributed by atoms with van der Waals surface area (Å²) in [6, 6.07) is -0.219. The molecule has 3 rings (SSSR count). The van der Waals surface area contributed by atoms with Crippen LogP contribution >= 0.6 is 23.1 Å². The van der Waals surface area contributed by atoms with E-state index in [-0.39, 0.29) is 11.9 Å². The summed E-state index contributed by atoms with van der Waals surface area (Å²) in [4.78, 5) is 20.1. The molecule has 6 heteroatoms. The van der Waals surface area contributed by atoms with E-state index in [0.717, 1.165) is 35.8 Å². The molecule has 102 valence electrons. The number of carbonyl (C=O) groups is 1. The molecule has 1 N–H and O–H groups in total. The standard InChI is InChI=1S/C13H17N3OS2/c1-14-11-12-10(15-8-19-12)2-4-16(13(11)17)6-9-3-5-18-7-9/h3,5,8-9,11,14H,2,4,6-7H2,1H3. The van der Waals surface area contributed by atoms with E-state index in [9.17, 15) is 4.79 Å². The molecule has 0 aromatic carbocycles. The number of nitrogens with zero attached hydrogens (tertiary/aromatic N) is 2. The van der Waals surface area contributed by atoms with Gasteiger partial charge in [-0.1, -0.05) is 6.08 Å². The highest BCUT2D eigenvalue weighted by Gasteiger charge is 2.32. The lowest BCUT2D eigenvalue weighted by Crippen LogP contribution is -2.41. The molecule has 2 aliphatic rings. The molecule has 2 unspecified atom stereocenters. The summed E-state index contributed by atoms with van der Waals surface area (Å²) in [5, 5.41) is 5.29. The lowest BCUT2D eigenvalue weighted by Gasteiger charge is -2.26. The van der Waals surface area contributed by atoms with Crippen molar-refractivity contribution in [2.24, 2.45) is 5.92 Å². The molecule has 0 aliphatic carbocycles. The minimum absolute atomic E-state index is 0.191. The zero-order valence-corrected chi connectivity index (χ0v) is 12.5. The molecular weight excluding hydrogens is 278 g/mol. The fourth-order valence-electron chi connectivity index (χ4n) is 2.58. The fourth-order valence-corrected chi connectivity index (χ4v) is 4.43. The van der Waals surface area contributed by atoms with E-state index < -0.39 is 0 Å². The first-order chi connectivity index (χ1) is 9.29. The number of thiazole rings is 1. The summed E-state index contributed by atoms with van der Waals surface area (Å²) in [6.07, 6.45) is 3.08. The summed E-state index contributed by atoms with van der Waals surface area (Å²) in [6.45, 7) is 1.61. The number of carbonyl (C=O) groups excluding carboxylic acids is 1. The van der Waals surface area contributed by atoms with Gasteiger partial charge >= 0.3 is 0 Å². The number of aromatic nitrogens is 1.